The first-order chi connectivity index (χ1) is 12.9. The number of amides is 2. The number of nitro benzene ring substituents is 1. The Morgan fingerprint density at radius 3 is 2.67 bits per heavy atom. The van der Waals surface area contributed by atoms with Crippen LogP contribution in [-0.2, 0) is 9.59 Å². The molecule has 138 valence electrons. The largest absolute Gasteiger partial charge is 0.326 e. The number of aryl methyl sites for hydroxylation is 1. The molecule has 1 heterocycles. The van der Waals surface area contributed by atoms with E-state index in [9.17, 15) is 19.7 Å². The fraction of sp³-hybridized carbons (Fsp3) is 0.200. The Labute approximate surface area is 156 Å². The number of nitrogens with zero attached hydrogens (tertiary/aromatic N) is 2. The number of benzene rings is 2. The van der Waals surface area contributed by atoms with Crippen molar-refractivity contribution in [1.82, 2.24) is 4.90 Å². The van der Waals surface area contributed by atoms with Gasteiger partial charge >= 0.3 is 0 Å². The molecule has 0 saturated heterocycles. The monoisotopic (exact) mass is 365 g/mol. The Bertz CT molecular complexity index is 952. The van der Waals surface area contributed by atoms with Crippen LogP contribution < -0.4 is 5.32 Å². The van der Waals surface area contributed by atoms with Crippen LogP contribution in [0.1, 0.15) is 36.1 Å². The minimum atomic E-state index is -0.505. The van der Waals surface area contributed by atoms with Gasteiger partial charge in [-0.1, -0.05) is 30.3 Å². The lowest BCUT2D eigenvalue weighted by Gasteiger charge is -2.32. The van der Waals surface area contributed by atoms with E-state index in [1.807, 2.05) is 30.3 Å². The second kappa shape index (κ2) is 7.41. The van der Waals surface area contributed by atoms with Gasteiger partial charge in [0.15, 0.2) is 0 Å². The molecule has 1 atom stereocenters. The lowest BCUT2D eigenvalue weighted by Crippen LogP contribution is -2.33. The third-order valence-electron chi connectivity index (χ3n) is 4.55. The summed E-state index contributed by atoms with van der Waals surface area (Å²) in [5, 5.41) is 13.7. The summed E-state index contributed by atoms with van der Waals surface area (Å²) in [6, 6.07) is 11.5. The number of hydrogen-bond acceptors (Lipinski definition) is 4. The Kier molecular flexibility index (Phi) is 5.03. The topological polar surface area (TPSA) is 92.6 Å². The summed E-state index contributed by atoms with van der Waals surface area (Å²) >= 11 is 0. The number of nitrogens with one attached hydrogen (secondary N) is 1. The van der Waals surface area contributed by atoms with Crippen molar-refractivity contribution in [2.24, 2.45) is 0 Å². The summed E-state index contributed by atoms with van der Waals surface area (Å²) in [7, 11) is 0. The van der Waals surface area contributed by atoms with Gasteiger partial charge in [-0.25, -0.2) is 0 Å². The Balaban J connectivity index is 1.84. The van der Waals surface area contributed by atoms with E-state index in [0.717, 1.165) is 16.7 Å². The quantitative estimate of drug-likeness (QED) is 0.659. The SMILES string of the molecule is CC(=O)N1C=Cc2ccccc2[C@@H]1CC(=O)Nc1cc([N+](=O)[O-])ccc1C. The highest BCUT2D eigenvalue weighted by Crippen LogP contribution is 2.33. The molecule has 0 fully saturated rings. The van der Waals surface area contributed by atoms with Gasteiger partial charge in [0.05, 0.1) is 23.1 Å². The zero-order chi connectivity index (χ0) is 19.6. The summed E-state index contributed by atoms with van der Waals surface area (Å²) in [5.74, 6) is -0.481. The molecular weight excluding hydrogens is 346 g/mol. The van der Waals surface area contributed by atoms with Crippen molar-refractivity contribution in [2.45, 2.75) is 26.3 Å². The highest BCUT2D eigenvalue weighted by atomic mass is 16.6. The van der Waals surface area contributed by atoms with Crippen molar-refractivity contribution in [3.63, 3.8) is 0 Å². The summed E-state index contributed by atoms with van der Waals surface area (Å²) < 4.78 is 0. The molecule has 1 aliphatic heterocycles. The molecule has 0 bridgehead atoms. The van der Waals surface area contributed by atoms with Gasteiger partial charge in [0, 0.05) is 25.3 Å². The van der Waals surface area contributed by atoms with Crippen LogP contribution in [0.25, 0.3) is 6.08 Å². The van der Waals surface area contributed by atoms with Crippen molar-refractivity contribution in [2.75, 3.05) is 5.32 Å². The molecule has 1 N–H and O–H groups in total. The van der Waals surface area contributed by atoms with Crippen molar-refractivity contribution in [3.05, 3.63) is 75.5 Å². The maximum atomic E-state index is 12.6. The van der Waals surface area contributed by atoms with Gasteiger partial charge in [-0.15, -0.1) is 0 Å². The number of anilines is 1. The third kappa shape index (κ3) is 3.87. The fourth-order valence-corrected chi connectivity index (χ4v) is 3.15. The van der Waals surface area contributed by atoms with E-state index in [0.29, 0.717) is 5.69 Å². The molecule has 0 aromatic heterocycles. The highest BCUT2D eigenvalue weighted by molar-refractivity contribution is 5.93. The lowest BCUT2D eigenvalue weighted by atomic mass is 9.93. The van der Waals surface area contributed by atoms with E-state index < -0.39 is 11.0 Å². The number of hydrogen-bond donors (Lipinski definition) is 1. The summed E-state index contributed by atoms with van der Waals surface area (Å²) in [6.45, 7) is 3.22. The molecule has 7 nitrogen and oxygen atoms in total. The predicted octanol–water partition coefficient (Wildman–Crippen LogP) is 3.81. The van der Waals surface area contributed by atoms with Crippen molar-refractivity contribution >= 4 is 29.3 Å². The second-order valence-corrected chi connectivity index (χ2v) is 6.40. The molecule has 3 rings (SSSR count). The number of rotatable bonds is 4. The Morgan fingerprint density at radius 1 is 1.22 bits per heavy atom. The van der Waals surface area contributed by atoms with Crippen LogP contribution in [0.4, 0.5) is 11.4 Å². The molecule has 2 aromatic rings. The average Bonchev–Trinajstić information content (AvgIpc) is 2.63. The van der Waals surface area contributed by atoms with E-state index >= 15 is 0 Å². The van der Waals surface area contributed by atoms with E-state index in [4.69, 9.17) is 0 Å². The van der Waals surface area contributed by atoms with E-state index in [-0.39, 0.29) is 23.9 Å². The predicted molar refractivity (Wildman–Crippen MR) is 102 cm³/mol. The van der Waals surface area contributed by atoms with E-state index in [1.54, 1.807) is 19.2 Å². The third-order valence-corrected chi connectivity index (χ3v) is 4.55. The van der Waals surface area contributed by atoms with Gasteiger partial charge in [-0.3, -0.25) is 19.7 Å². The van der Waals surface area contributed by atoms with Gasteiger partial charge in [0.1, 0.15) is 0 Å². The molecule has 0 aliphatic carbocycles. The molecule has 2 aromatic carbocycles. The smallest absolute Gasteiger partial charge is 0.271 e. The van der Waals surface area contributed by atoms with Gasteiger partial charge < -0.3 is 10.2 Å². The Hall–Kier alpha value is -3.48. The van der Waals surface area contributed by atoms with Crippen LogP contribution in [0, 0.1) is 17.0 Å². The molecule has 0 saturated carbocycles. The van der Waals surface area contributed by atoms with Gasteiger partial charge in [-0.05, 0) is 29.7 Å². The summed E-state index contributed by atoms with van der Waals surface area (Å²) in [6.07, 6.45) is 3.57. The maximum Gasteiger partial charge on any atom is 0.271 e. The van der Waals surface area contributed by atoms with Crippen LogP contribution in [-0.4, -0.2) is 21.6 Å². The van der Waals surface area contributed by atoms with Gasteiger partial charge in [-0.2, -0.15) is 0 Å². The molecular formula is C20H19N3O4. The standard InChI is InChI=1S/C20H19N3O4/c1-13-7-8-16(23(26)27)11-18(13)21-20(25)12-19-17-6-4-3-5-15(17)9-10-22(19)14(2)24/h3-11,19H,12H2,1-2H3,(H,21,25)/t19-/m0/s1. The van der Waals surface area contributed by atoms with Crippen molar-refractivity contribution in [3.8, 4) is 0 Å². The molecule has 1 aliphatic rings. The lowest BCUT2D eigenvalue weighted by molar-refractivity contribution is -0.384. The van der Waals surface area contributed by atoms with E-state index in [1.165, 1.54) is 24.0 Å². The zero-order valence-corrected chi connectivity index (χ0v) is 15.0. The number of fused-ring (bicyclic) bond motifs is 1. The normalized spacial score (nSPS) is 15.2. The van der Waals surface area contributed by atoms with Crippen molar-refractivity contribution in [1.29, 1.82) is 0 Å². The van der Waals surface area contributed by atoms with Gasteiger partial charge in [0.25, 0.3) is 5.69 Å². The minimum Gasteiger partial charge on any atom is -0.326 e. The van der Waals surface area contributed by atoms with Crippen molar-refractivity contribution < 1.29 is 14.5 Å². The van der Waals surface area contributed by atoms with Crippen LogP contribution in [0.2, 0.25) is 0 Å². The molecule has 7 heteroatoms. The average molecular weight is 365 g/mol. The molecule has 2 amide bonds. The Morgan fingerprint density at radius 2 is 1.96 bits per heavy atom. The summed E-state index contributed by atoms with van der Waals surface area (Å²) in [5.41, 5.74) is 2.87. The number of nitro groups is 1. The van der Waals surface area contributed by atoms with Crippen LogP contribution in [0.5, 0.6) is 0 Å². The minimum absolute atomic E-state index is 0.0447. The van der Waals surface area contributed by atoms with Crippen LogP contribution in [0.3, 0.4) is 0 Å². The zero-order valence-electron chi connectivity index (χ0n) is 15.0. The highest BCUT2D eigenvalue weighted by Gasteiger charge is 2.28. The fourth-order valence-electron chi connectivity index (χ4n) is 3.15. The number of carbonyl (C=O) groups is 2. The van der Waals surface area contributed by atoms with Crippen LogP contribution in [0.15, 0.2) is 48.7 Å². The number of carbonyl (C=O) groups excluding carboxylic acids is 2. The van der Waals surface area contributed by atoms with Crippen LogP contribution >= 0.6 is 0 Å². The molecule has 0 unspecified atom stereocenters. The van der Waals surface area contributed by atoms with E-state index in [2.05, 4.69) is 5.32 Å². The molecule has 0 radical (unpaired) electrons. The second-order valence-electron chi connectivity index (χ2n) is 6.40. The molecule has 27 heavy (non-hydrogen) atoms. The summed E-state index contributed by atoms with van der Waals surface area (Å²) in [4.78, 5) is 36.6. The molecule has 0 spiro atoms. The maximum absolute atomic E-state index is 12.6. The first kappa shape index (κ1) is 18.3. The first-order valence-electron chi connectivity index (χ1n) is 8.47. The van der Waals surface area contributed by atoms with Gasteiger partial charge in [0.2, 0.25) is 11.8 Å². The number of non-ortho nitro benzene ring substituents is 1. The first-order valence-corrected chi connectivity index (χ1v) is 8.47.